The quantitative estimate of drug-likeness (QED) is 0.889. The van der Waals surface area contributed by atoms with Crippen molar-refractivity contribution in [2.75, 3.05) is 25.5 Å². The van der Waals surface area contributed by atoms with Gasteiger partial charge in [-0.3, -0.25) is 0 Å². The predicted molar refractivity (Wildman–Crippen MR) is 74.1 cm³/mol. The monoisotopic (exact) mass is 249 g/mol. The van der Waals surface area contributed by atoms with E-state index in [4.69, 9.17) is 4.74 Å². The fourth-order valence-electron chi connectivity index (χ4n) is 2.33. The average molecular weight is 249 g/mol. The fraction of sp³-hybridized carbons (Fsp3) is 0.643. The first-order valence-corrected chi connectivity index (χ1v) is 6.72. The Morgan fingerprint density at radius 3 is 3.06 bits per heavy atom. The van der Waals surface area contributed by atoms with Gasteiger partial charge in [0.05, 0.1) is 6.10 Å². The van der Waals surface area contributed by atoms with Gasteiger partial charge in [-0.1, -0.05) is 0 Å². The number of aromatic nitrogens is 1. The molecular weight excluding hydrogens is 226 g/mol. The Kier molecular flexibility index (Phi) is 4.42. The highest BCUT2D eigenvalue weighted by Gasteiger charge is 2.18. The molecule has 0 amide bonds. The SMILES string of the molecule is CC(C)Oc1cccnc1NC1CCCN(C)C1. The fourth-order valence-corrected chi connectivity index (χ4v) is 2.33. The maximum Gasteiger partial charge on any atom is 0.169 e. The van der Waals surface area contributed by atoms with Gasteiger partial charge in [0, 0.05) is 18.8 Å². The van der Waals surface area contributed by atoms with Crippen LogP contribution >= 0.6 is 0 Å². The molecule has 0 aliphatic carbocycles. The molecule has 0 bridgehead atoms. The molecular formula is C14H23N3O. The van der Waals surface area contributed by atoms with Crippen molar-refractivity contribution in [3.8, 4) is 5.75 Å². The third-order valence-corrected chi connectivity index (χ3v) is 3.10. The number of anilines is 1. The van der Waals surface area contributed by atoms with Gasteiger partial charge in [0.25, 0.3) is 0 Å². The minimum Gasteiger partial charge on any atom is -0.487 e. The third kappa shape index (κ3) is 3.60. The van der Waals surface area contributed by atoms with E-state index in [1.807, 2.05) is 32.2 Å². The Bertz CT molecular complexity index is 381. The molecule has 100 valence electrons. The highest BCUT2D eigenvalue weighted by Crippen LogP contribution is 2.24. The lowest BCUT2D eigenvalue weighted by atomic mass is 10.1. The van der Waals surface area contributed by atoms with Crippen molar-refractivity contribution in [2.45, 2.75) is 38.8 Å². The zero-order chi connectivity index (χ0) is 13.0. The van der Waals surface area contributed by atoms with Crippen LogP contribution in [0.5, 0.6) is 5.75 Å². The molecule has 1 saturated heterocycles. The normalized spacial score (nSPS) is 21.0. The Morgan fingerprint density at radius 2 is 2.33 bits per heavy atom. The first-order valence-electron chi connectivity index (χ1n) is 6.72. The molecule has 4 heteroatoms. The summed E-state index contributed by atoms with van der Waals surface area (Å²) < 4.78 is 5.78. The first-order chi connectivity index (χ1) is 8.65. The number of nitrogens with one attached hydrogen (secondary N) is 1. The van der Waals surface area contributed by atoms with E-state index < -0.39 is 0 Å². The van der Waals surface area contributed by atoms with Crippen LogP contribution < -0.4 is 10.1 Å². The molecule has 1 aliphatic rings. The molecule has 1 unspecified atom stereocenters. The van der Waals surface area contributed by atoms with Crippen LogP contribution in [-0.2, 0) is 0 Å². The number of likely N-dealkylation sites (tertiary alicyclic amines) is 1. The zero-order valence-corrected chi connectivity index (χ0v) is 11.5. The van der Waals surface area contributed by atoms with Gasteiger partial charge >= 0.3 is 0 Å². The summed E-state index contributed by atoms with van der Waals surface area (Å²) in [4.78, 5) is 6.75. The molecule has 0 spiro atoms. The van der Waals surface area contributed by atoms with Crippen molar-refractivity contribution < 1.29 is 4.74 Å². The molecule has 1 aromatic rings. The second-order valence-corrected chi connectivity index (χ2v) is 5.26. The molecule has 0 aromatic carbocycles. The number of pyridine rings is 1. The number of hydrogen-bond donors (Lipinski definition) is 1. The Labute approximate surface area is 109 Å². The van der Waals surface area contributed by atoms with E-state index in [1.54, 1.807) is 0 Å². The molecule has 2 rings (SSSR count). The molecule has 1 aromatic heterocycles. The van der Waals surface area contributed by atoms with E-state index >= 15 is 0 Å². The zero-order valence-electron chi connectivity index (χ0n) is 11.5. The number of nitrogens with zero attached hydrogens (tertiary/aromatic N) is 2. The minimum absolute atomic E-state index is 0.170. The summed E-state index contributed by atoms with van der Waals surface area (Å²) in [6.07, 6.45) is 4.41. The summed E-state index contributed by atoms with van der Waals surface area (Å²) in [6, 6.07) is 4.35. The van der Waals surface area contributed by atoms with Gasteiger partial charge < -0.3 is 15.0 Å². The maximum absolute atomic E-state index is 5.78. The molecule has 0 radical (unpaired) electrons. The predicted octanol–water partition coefficient (Wildman–Crippen LogP) is 2.37. The van der Waals surface area contributed by atoms with Crippen LogP contribution in [0.4, 0.5) is 5.82 Å². The molecule has 1 N–H and O–H groups in total. The van der Waals surface area contributed by atoms with Gasteiger partial charge in [0.2, 0.25) is 0 Å². The maximum atomic E-state index is 5.78. The lowest BCUT2D eigenvalue weighted by Crippen LogP contribution is -2.40. The van der Waals surface area contributed by atoms with Crippen LogP contribution in [0, 0.1) is 0 Å². The van der Waals surface area contributed by atoms with E-state index in [0.717, 1.165) is 18.1 Å². The molecule has 1 fully saturated rings. The van der Waals surface area contributed by atoms with Gasteiger partial charge in [-0.05, 0) is 52.4 Å². The summed E-state index contributed by atoms with van der Waals surface area (Å²) in [5, 5.41) is 3.51. The molecule has 1 aliphatic heterocycles. The number of rotatable bonds is 4. The van der Waals surface area contributed by atoms with Gasteiger partial charge in [-0.15, -0.1) is 0 Å². The van der Waals surface area contributed by atoms with Crippen LogP contribution in [0.15, 0.2) is 18.3 Å². The molecule has 18 heavy (non-hydrogen) atoms. The van der Waals surface area contributed by atoms with Crippen molar-refractivity contribution in [1.82, 2.24) is 9.88 Å². The second kappa shape index (κ2) is 6.05. The first kappa shape index (κ1) is 13.1. The van der Waals surface area contributed by atoms with E-state index in [1.165, 1.54) is 19.4 Å². The van der Waals surface area contributed by atoms with Crippen molar-refractivity contribution >= 4 is 5.82 Å². The largest absolute Gasteiger partial charge is 0.487 e. The summed E-state index contributed by atoms with van der Waals surface area (Å²) in [5.74, 6) is 1.72. The number of hydrogen-bond acceptors (Lipinski definition) is 4. The number of ether oxygens (including phenoxy) is 1. The van der Waals surface area contributed by atoms with Crippen LogP contribution in [0.3, 0.4) is 0 Å². The summed E-state index contributed by atoms with van der Waals surface area (Å²) in [7, 11) is 2.16. The Morgan fingerprint density at radius 1 is 1.50 bits per heavy atom. The summed E-state index contributed by atoms with van der Waals surface area (Å²) >= 11 is 0. The highest BCUT2D eigenvalue weighted by molar-refractivity contribution is 5.50. The lowest BCUT2D eigenvalue weighted by Gasteiger charge is -2.31. The van der Waals surface area contributed by atoms with Gasteiger partial charge in [-0.25, -0.2) is 4.98 Å². The smallest absolute Gasteiger partial charge is 0.169 e. The van der Waals surface area contributed by atoms with Crippen molar-refractivity contribution in [3.63, 3.8) is 0 Å². The van der Waals surface area contributed by atoms with Crippen LogP contribution in [0.1, 0.15) is 26.7 Å². The average Bonchev–Trinajstić information content (AvgIpc) is 2.31. The van der Waals surface area contributed by atoms with Crippen LogP contribution in [-0.4, -0.2) is 42.2 Å². The molecule has 4 nitrogen and oxygen atoms in total. The second-order valence-electron chi connectivity index (χ2n) is 5.26. The highest BCUT2D eigenvalue weighted by atomic mass is 16.5. The molecule has 0 saturated carbocycles. The number of likely N-dealkylation sites (N-methyl/N-ethyl adjacent to an activating group) is 1. The number of piperidine rings is 1. The van der Waals surface area contributed by atoms with Gasteiger partial charge in [-0.2, -0.15) is 0 Å². The van der Waals surface area contributed by atoms with Crippen LogP contribution in [0.25, 0.3) is 0 Å². The third-order valence-electron chi connectivity index (χ3n) is 3.10. The van der Waals surface area contributed by atoms with Gasteiger partial charge in [0.1, 0.15) is 0 Å². The minimum atomic E-state index is 0.170. The summed E-state index contributed by atoms with van der Waals surface area (Å²) in [6.45, 7) is 6.32. The Balaban J connectivity index is 2.03. The lowest BCUT2D eigenvalue weighted by molar-refractivity contribution is 0.240. The van der Waals surface area contributed by atoms with Crippen molar-refractivity contribution in [1.29, 1.82) is 0 Å². The van der Waals surface area contributed by atoms with Gasteiger partial charge in [0.15, 0.2) is 11.6 Å². The van der Waals surface area contributed by atoms with Crippen molar-refractivity contribution in [3.05, 3.63) is 18.3 Å². The Hall–Kier alpha value is -1.29. The van der Waals surface area contributed by atoms with E-state index in [-0.39, 0.29) is 6.10 Å². The van der Waals surface area contributed by atoms with E-state index in [0.29, 0.717) is 6.04 Å². The van der Waals surface area contributed by atoms with E-state index in [2.05, 4.69) is 22.2 Å². The standard InChI is InChI=1S/C14H23N3O/c1-11(2)18-13-7-4-8-15-14(13)16-12-6-5-9-17(3)10-12/h4,7-8,11-12H,5-6,9-10H2,1-3H3,(H,15,16). The van der Waals surface area contributed by atoms with Crippen LogP contribution in [0.2, 0.25) is 0 Å². The van der Waals surface area contributed by atoms with Crippen molar-refractivity contribution in [2.24, 2.45) is 0 Å². The molecule has 1 atom stereocenters. The molecule has 2 heterocycles. The topological polar surface area (TPSA) is 37.4 Å². The summed E-state index contributed by atoms with van der Waals surface area (Å²) in [5.41, 5.74) is 0. The van der Waals surface area contributed by atoms with E-state index in [9.17, 15) is 0 Å².